The Kier molecular flexibility index (Phi) is 5.71. The first-order valence-corrected chi connectivity index (χ1v) is 6.17. The van der Waals surface area contributed by atoms with Gasteiger partial charge >= 0.3 is 6.18 Å². The van der Waals surface area contributed by atoms with Crippen molar-refractivity contribution < 1.29 is 22.8 Å². The molecule has 8 heteroatoms. The van der Waals surface area contributed by atoms with Crippen molar-refractivity contribution in [1.29, 1.82) is 0 Å². The summed E-state index contributed by atoms with van der Waals surface area (Å²) in [5.74, 6) is -1.00. The third-order valence-electron chi connectivity index (χ3n) is 2.72. The Morgan fingerprint density at radius 1 is 1.29 bits per heavy atom. The number of hydrogen-bond donors (Lipinski definition) is 3. The summed E-state index contributed by atoms with van der Waals surface area (Å²) in [6.07, 6.45) is -4.44. The van der Waals surface area contributed by atoms with Crippen molar-refractivity contribution in [3.63, 3.8) is 0 Å². The maximum Gasteiger partial charge on any atom is 0.416 e. The first-order valence-electron chi connectivity index (χ1n) is 6.17. The van der Waals surface area contributed by atoms with Gasteiger partial charge in [0.2, 0.25) is 11.8 Å². The van der Waals surface area contributed by atoms with Crippen LogP contribution >= 0.6 is 0 Å². The molecule has 0 aliphatic rings. The minimum absolute atomic E-state index is 0.240. The topological polar surface area (TPSA) is 84.2 Å². The van der Waals surface area contributed by atoms with Crippen molar-refractivity contribution in [2.45, 2.75) is 19.1 Å². The van der Waals surface area contributed by atoms with Crippen LogP contribution in [0.3, 0.4) is 0 Å². The van der Waals surface area contributed by atoms with Crippen LogP contribution in [-0.4, -0.2) is 24.9 Å². The highest BCUT2D eigenvalue weighted by atomic mass is 19.4. The van der Waals surface area contributed by atoms with Crippen molar-refractivity contribution in [3.8, 4) is 0 Å². The number of halogens is 3. The molecule has 1 unspecified atom stereocenters. The third kappa shape index (κ3) is 5.42. The molecule has 5 nitrogen and oxygen atoms in total. The van der Waals surface area contributed by atoms with Gasteiger partial charge in [-0.2, -0.15) is 13.2 Å². The molecule has 0 saturated heterocycles. The predicted molar refractivity (Wildman–Crippen MR) is 70.1 cm³/mol. The van der Waals surface area contributed by atoms with E-state index < -0.39 is 29.6 Å². The van der Waals surface area contributed by atoms with Gasteiger partial charge in [0.05, 0.1) is 24.7 Å². The van der Waals surface area contributed by atoms with E-state index in [9.17, 15) is 22.8 Å². The van der Waals surface area contributed by atoms with E-state index in [0.717, 1.165) is 12.1 Å². The van der Waals surface area contributed by atoms with Crippen molar-refractivity contribution in [1.82, 2.24) is 10.6 Å². The second-order valence-corrected chi connectivity index (χ2v) is 4.39. The molecule has 4 N–H and O–H groups in total. The molecule has 0 spiro atoms. The van der Waals surface area contributed by atoms with E-state index in [1.807, 2.05) is 0 Å². The molecule has 0 aliphatic carbocycles. The van der Waals surface area contributed by atoms with Gasteiger partial charge in [0.15, 0.2) is 0 Å². The van der Waals surface area contributed by atoms with Crippen LogP contribution in [0, 0.1) is 0 Å². The van der Waals surface area contributed by atoms with E-state index in [0.29, 0.717) is 5.56 Å². The highest BCUT2D eigenvalue weighted by Gasteiger charge is 2.30. The molecule has 0 aromatic heterocycles. The number of amides is 2. The van der Waals surface area contributed by atoms with E-state index >= 15 is 0 Å². The van der Waals surface area contributed by atoms with Crippen molar-refractivity contribution in [2.75, 3.05) is 13.1 Å². The monoisotopic (exact) mass is 303 g/mol. The summed E-state index contributed by atoms with van der Waals surface area (Å²) < 4.78 is 37.8. The minimum atomic E-state index is -4.44. The number of benzene rings is 1. The van der Waals surface area contributed by atoms with E-state index in [4.69, 9.17) is 5.73 Å². The second-order valence-electron chi connectivity index (χ2n) is 4.39. The maximum absolute atomic E-state index is 12.6. The van der Waals surface area contributed by atoms with Crippen LogP contribution in [-0.2, 0) is 15.8 Å². The molecule has 21 heavy (non-hydrogen) atoms. The van der Waals surface area contributed by atoms with Gasteiger partial charge in [-0.25, -0.2) is 0 Å². The highest BCUT2D eigenvalue weighted by molar-refractivity contribution is 5.85. The SMILES string of the molecule is CC(NC(=O)CNC(=O)CN)c1cccc(C(F)(F)F)c1. The van der Waals surface area contributed by atoms with Crippen LogP contribution in [0.5, 0.6) is 0 Å². The van der Waals surface area contributed by atoms with E-state index in [1.165, 1.54) is 12.1 Å². The van der Waals surface area contributed by atoms with E-state index in [2.05, 4.69) is 10.6 Å². The molecular weight excluding hydrogens is 287 g/mol. The molecular formula is C13H16F3N3O2. The van der Waals surface area contributed by atoms with Gasteiger partial charge in [0.1, 0.15) is 0 Å². The zero-order valence-electron chi connectivity index (χ0n) is 11.3. The van der Waals surface area contributed by atoms with Crippen molar-refractivity contribution in [3.05, 3.63) is 35.4 Å². The fourth-order valence-corrected chi connectivity index (χ4v) is 1.61. The van der Waals surface area contributed by atoms with Gasteiger partial charge < -0.3 is 16.4 Å². The Labute approximate surface area is 119 Å². The molecule has 0 aliphatic heterocycles. The number of nitrogens with one attached hydrogen (secondary N) is 2. The van der Waals surface area contributed by atoms with Crippen LogP contribution < -0.4 is 16.4 Å². The van der Waals surface area contributed by atoms with Crippen LogP contribution in [0.25, 0.3) is 0 Å². The van der Waals surface area contributed by atoms with Crippen LogP contribution in [0.15, 0.2) is 24.3 Å². The number of rotatable bonds is 5. The van der Waals surface area contributed by atoms with E-state index in [-0.39, 0.29) is 13.1 Å². The number of hydrogen-bond acceptors (Lipinski definition) is 3. The molecule has 0 heterocycles. The maximum atomic E-state index is 12.6. The van der Waals surface area contributed by atoms with Crippen LogP contribution in [0.1, 0.15) is 24.1 Å². The van der Waals surface area contributed by atoms with Crippen LogP contribution in [0.4, 0.5) is 13.2 Å². The molecule has 1 rings (SSSR count). The fourth-order valence-electron chi connectivity index (χ4n) is 1.61. The summed E-state index contributed by atoms with van der Waals surface area (Å²) in [6, 6.07) is 4.08. The lowest BCUT2D eigenvalue weighted by atomic mass is 10.0. The molecule has 2 amide bonds. The summed E-state index contributed by atoms with van der Waals surface area (Å²) >= 11 is 0. The van der Waals surface area contributed by atoms with Gasteiger partial charge in [-0.1, -0.05) is 12.1 Å². The molecule has 0 bridgehead atoms. The zero-order chi connectivity index (χ0) is 16.0. The molecule has 1 aromatic rings. The Hall–Kier alpha value is -2.09. The Morgan fingerprint density at radius 3 is 2.52 bits per heavy atom. The summed E-state index contributed by atoms with van der Waals surface area (Å²) in [5.41, 5.74) is 4.60. The van der Waals surface area contributed by atoms with Gasteiger partial charge in [-0.05, 0) is 24.6 Å². The zero-order valence-corrected chi connectivity index (χ0v) is 11.3. The molecule has 0 saturated carbocycles. The van der Waals surface area contributed by atoms with Crippen LogP contribution in [0.2, 0.25) is 0 Å². The summed E-state index contributed by atoms with van der Waals surface area (Å²) in [7, 11) is 0. The van der Waals surface area contributed by atoms with Gasteiger partial charge in [0, 0.05) is 0 Å². The number of alkyl halides is 3. The number of carbonyl (C=O) groups excluding carboxylic acids is 2. The standard InChI is InChI=1S/C13H16F3N3O2/c1-8(19-12(21)7-18-11(20)6-17)9-3-2-4-10(5-9)13(14,15)16/h2-5,8H,6-7,17H2,1H3,(H,18,20)(H,19,21). The fraction of sp³-hybridized carbons (Fsp3) is 0.385. The summed E-state index contributed by atoms with van der Waals surface area (Å²) in [6.45, 7) is 1.04. The normalized spacial score (nSPS) is 12.6. The molecule has 0 fully saturated rings. The van der Waals surface area contributed by atoms with Gasteiger partial charge in [-0.3, -0.25) is 9.59 Å². The van der Waals surface area contributed by atoms with Gasteiger partial charge in [0.25, 0.3) is 0 Å². The second kappa shape index (κ2) is 7.07. The molecule has 1 atom stereocenters. The molecule has 1 aromatic carbocycles. The lowest BCUT2D eigenvalue weighted by molar-refractivity contribution is -0.137. The lowest BCUT2D eigenvalue weighted by Crippen LogP contribution is -2.40. The molecule has 116 valence electrons. The summed E-state index contributed by atoms with van der Waals surface area (Å²) in [5, 5.41) is 4.76. The Bertz CT molecular complexity index is 518. The van der Waals surface area contributed by atoms with E-state index in [1.54, 1.807) is 6.92 Å². The smallest absolute Gasteiger partial charge is 0.348 e. The Balaban J connectivity index is 2.65. The largest absolute Gasteiger partial charge is 0.416 e. The first-order chi connectivity index (χ1) is 9.74. The average Bonchev–Trinajstić information content (AvgIpc) is 2.43. The third-order valence-corrected chi connectivity index (χ3v) is 2.72. The lowest BCUT2D eigenvalue weighted by Gasteiger charge is -2.16. The highest BCUT2D eigenvalue weighted by Crippen LogP contribution is 2.30. The van der Waals surface area contributed by atoms with Crippen molar-refractivity contribution >= 4 is 11.8 Å². The number of carbonyl (C=O) groups is 2. The quantitative estimate of drug-likeness (QED) is 0.757. The first kappa shape index (κ1) is 17.0. The van der Waals surface area contributed by atoms with Gasteiger partial charge in [-0.15, -0.1) is 0 Å². The van der Waals surface area contributed by atoms with Crippen molar-refractivity contribution in [2.24, 2.45) is 5.73 Å². The Morgan fingerprint density at radius 2 is 1.95 bits per heavy atom. The summed E-state index contributed by atoms with van der Waals surface area (Å²) in [4.78, 5) is 22.4. The minimum Gasteiger partial charge on any atom is -0.348 e. The average molecular weight is 303 g/mol. The molecule has 0 radical (unpaired) electrons. The predicted octanol–water partition coefficient (Wildman–Crippen LogP) is 0.958. The number of nitrogens with two attached hydrogens (primary N) is 1.